The summed E-state index contributed by atoms with van der Waals surface area (Å²) in [5, 5.41) is 4.26. The van der Waals surface area contributed by atoms with Crippen LogP contribution in [0, 0.1) is 0 Å². The van der Waals surface area contributed by atoms with E-state index in [1.54, 1.807) is 0 Å². The molecule has 0 aliphatic carbocycles. The molecule has 6 rings (SSSR count). The van der Waals surface area contributed by atoms with Gasteiger partial charge in [0.05, 0.1) is 31.6 Å². The van der Waals surface area contributed by atoms with Gasteiger partial charge in [-0.25, -0.2) is 0 Å². The van der Waals surface area contributed by atoms with E-state index in [0.29, 0.717) is 11.7 Å². The Morgan fingerprint density at radius 2 is 1.66 bits per heavy atom. The molecule has 4 aromatic rings. The van der Waals surface area contributed by atoms with Crippen LogP contribution in [0.25, 0.3) is 5.69 Å². The number of benzene rings is 2. The van der Waals surface area contributed by atoms with E-state index in [1.165, 1.54) is 5.69 Å². The minimum absolute atomic E-state index is 0.104. The van der Waals surface area contributed by atoms with Gasteiger partial charge in [0.1, 0.15) is 11.8 Å². The summed E-state index contributed by atoms with van der Waals surface area (Å²) in [5.74, 6) is 0.863. The number of hydrogen-bond acceptors (Lipinski definition) is 5. The summed E-state index contributed by atoms with van der Waals surface area (Å²) in [6, 6.07) is 27.0. The molecule has 4 heterocycles. The lowest BCUT2D eigenvalue weighted by atomic mass is 10.0. The first-order valence-corrected chi connectivity index (χ1v) is 13.5. The number of nitrogens with zero attached hydrogens (tertiary/aromatic N) is 4. The van der Waals surface area contributed by atoms with Crippen molar-refractivity contribution in [1.82, 2.24) is 14.9 Å². The monoisotopic (exact) mass is 525 g/mol. The number of hydrogen-bond donors (Lipinski definition) is 1. The minimum Gasteiger partial charge on any atom is -0.494 e. The molecular formula is C30H31N5O2S. The van der Waals surface area contributed by atoms with Crippen LogP contribution >= 0.6 is 12.2 Å². The molecule has 0 amide bonds. The highest BCUT2D eigenvalue weighted by molar-refractivity contribution is 7.80. The van der Waals surface area contributed by atoms with Crippen LogP contribution in [0.3, 0.4) is 0 Å². The van der Waals surface area contributed by atoms with Crippen molar-refractivity contribution in [2.45, 2.75) is 19.0 Å². The molecule has 7 nitrogen and oxygen atoms in total. The Hall–Kier alpha value is -3.88. The fourth-order valence-electron chi connectivity index (χ4n) is 5.32. The molecule has 0 unspecified atom stereocenters. The second kappa shape index (κ2) is 10.8. The molecule has 2 saturated heterocycles. The van der Waals surface area contributed by atoms with Crippen molar-refractivity contribution in [3.63, 3.8) is 0 Å². The molecule has 2 aliphatic rings. The zero-order valence-electron chi connectivity index (χ0n) is 21.4. The van der Waals surface area contributed by atoms with E-state index in [2.05, 4.69) is 80.5 Å². The maximum Gasteiger partial charge on any atom is 0.174 e. The highest BCUT2D eigenvalue weighted by Crippen LogP contribution is 2.42. The number of anilines is 2. The maximum absolute atomic E-state index is 5.95. The summed E-state index contributed by atoms with van der Waals surface area (Å²) in [7, 11) is 0. The first-order chi connectivity index (χ1) is 18.7. The third-order valence-electron chi connectivity index (χ3n) is 7.11. The van der Waals surface area contributed by atoms with Crippen molar-refractivity contribution in [3.8, 4) is 11.4 Å². The summed E-state index contributed by atoms with van der Waals surface area (Å²) in [6.45, 7) is 5.97. The number of morpholine rings is 1. The molecule has 0 saturated carbocycles. The lowest BCUT2D eigenvalue weighted by Crippen LogP contribution is -2.36. The summed E-state index contributed by atoms with van der Waals surface area (Å²) < 4.78 is 13.4. The largest absolute Gasteiger partial charge is 0.494 e. The van der Waals surface area contributed by atoms with Gasteiger partial charge in [-0.2, -0.15) is 0 Å². The molecule has 8 heteroatoms. The lowest BCUT2D eigenvalue weighted by Gasteiger charge is -2.31. The summed E-state index contributed by atoms with van der Waals surface area (Å²) >= 11 is 5.95. The number of pyridine rings is 1. The van der Waals surface area contributed by atoms with Gasteiger partial charge in [-0.05, 0) is 91.9 Å². The van der Waals surface area contributed by atoms with E-state index in [9.17, 15) is 0 Å². The SMILES string of the molecule is CCOc1ccc(-n2cccc2[C@H]2[C@H](c3ccccn3)NC(=S)N2c2ccc(N3CCOCC3)cc2)cc1. The van der Waals surface area contributed by atoms with Crippen LogP contribution in [0.1, 0.15) is 30.4 Å². The summed E-state index contributed by atoms with van der Waals surface area (Å²) in [4.78, 5) is 9.28. The maximum atomic E-state index is 5.95. The first-order valence-electron chi connectivity index (χ1n) is 13.1. The number of ether oxygens (including phenoxy) is 2. The van der Waals surface area contributed by atoms with E-state index < -0.39 is 0 Å². The second-order valence-corrected chi connectivity index (χ2v) is 9.73. The Morgan fingerprint density at radius 1 is 0.921 bits per heavy atom. The Bertz CT molecular complexity index is 1370. The standard InChI is InChI=1S/C30H31N5O2S/c1-2-37-25-14-12-23(13-15-25)34-17-5-7-27(34)29-28(26-6-3-4-16-31-26)32-30(38)35(29)24-10-8-22(9-11-24)33-18-20-36-21-19-33/h3-17,28-29H,2,18-21H2,1H3,(H,32,38)/t28-,29-/m0/s1. The van der Waals surface area contributed by atoms with Crippen LogP contribution in [0.5, 0.6) is 5.75 Å². The average molecular weight is 526 g/mol. The number of aromatic nitrogens is 2. The van der Waals surface area contributed by atoms with Crippen LogP contribution in [0.4, 0.5) is 11.4 Å². The summed E-state index contributed by atoms with van der Waals surface area (Å²) in [6.07, 6.45) is 3.93. The highest BCUT2D eigenvalue weighted by atomic mass is 32.1. The Kier molecular flexibility index (Phi) is 6.98. The molecule has 0 radical (unpaired) electrons. The van der Waals surface area contributed by atoms with Crippen LogP contribution in [0.15, 0.2) is 91.3 Å². The third-order valence-corrected chi connectivity index (χ3v) is 7.43. The molecule has 2 aliphatic heterocycles. The topological polar surface area (TPSA) is 54.8 Å². The normalized spacial score (nSPS) is 19.4. The van der Waals surface area contributed by atoms with E-state index in [1.807, 2.05) is 37.4 Å². The number of nitrogens with one attached hydrogen (secondary N) is 1. The van der Waals surface area contributed by atoms with Gasteiger partial charge in [0.25, 0.3) is 0 Å². The second-order valence-electron chi connectivity index (χ2n) is 9.34. The van der Waals surface area contributed by atoms with Crippen LogP contribution in [0.2, 0.25) is 0 Å². The molecular weight excluding hydrogens is 494 g/mol. The molecule has 0 spiro atoms. The molecule has 0 bridgehead atoms. The number of rotatable bonds is 7. The Balaban J connectivity index is 1.39. The van der Waals surface area contributed by atoms with Crippen molar-refractivity contribution in [1.29, 1.82) is 0 Å². The van der Waals surface area contributed by atoms with Gasteiger partial charge < -0.3 is 29.2 Å². The van der Waals surface area contributed by atoms with E-state index in [-0.39, 0.29) is 12.1 Å². The predicted molar refractivity (Wildman–Crippen MR) is 154 cm³/mol. The van der Waals surface area contributed by atoms with E-state index >= 15 is 0 Å². The molecule has 2 fully saturated rings. The van der Waals surface area contributed by atoms with Crippen molar-refractivity contribution in [2.75, 3.05) is 42.7 Å². The fourth-order valence-corrected chi connectivity index (χ4v) is 5.66. The zero-order valence-corrected chi connectivity index (χ0v) is 22.2. The smallest absolute Gasteiger partial charge is 0.174 e. The van der Waals surface area contributed by atoms with Crippen molar-refractivity contribution in [2.24, 2.45) is 0 Å². The van der Waals surface area contributed by atoms with Gasteiger partial charge in [0.15, 0.2) is 5.11 Å². The van der Waals surface area contributed by atoms with Crippen LogP contribution < -0.4 is 19.9 Å². The van der Waals surface area contributed by atoms with Crippen molar-refractivity contribution >= 4 is 28.7 Å². The van der Waals surface area contributed by atoms with Crippen molar-refractivity contribution in [3.05, 3.63) is 103 Å². The number of thiocarbonyl (C=S) groups is 1. The minimum atomic E-state index is -0.112. The lowest BCUT2D eigenvalue weighted by molar-refractivity contribution is 0.122. The molecule has 38 heavy (non-hydrogen) atoms. The predicted octanol–water partition coefficient (Wildman–Crippen LogP) is 5.28. The molecule has 2 atom stereocenters. The highest BCUT2D eigenvalue weighted by Gasteiger charge is 2.42. The Morgan fingerprint density at radius 3 is 2.37 bits per heavy atom. The third kappa shape index (κ3) is 4.73. The molecule has 2 aromatic heterocycles. The fraction of sp³-hybridized carbons (Fsp3) is 0.267. The average Bonchev–Trinajstić information content (AvgIpc) is 3.59. The van der Waals surface area contributed by atoms with Gasteiger partial charge in [-0.1, -0.05) is 6.07 Å². The van der Waals surface area contributed by atoms with Crippen molar-refractivity contribution < 1.29 is 9.47 Å². The first kappa shape index (κ1) is 24.5. The quantitative estimate of drug-likeness (QED) is 0.329. The summed E-state index contributed by atoms with van der Waals surface area (Å²) in [5.41, 5.74) is 5.38. The van der Waals surface area contributed by atoms with Gasteiger partial charge in [-0.3, -0.25) is 4.98 Å². The van der Waals surface area contributed by atoms with Crippen LogP contribution in [-0.2, 0) is 4.74 Å². The van der Waals surface area contributed by atoms with E-state index in [0.717, 1.165) is 54.8 Å². The molecule has 2 aromatic carbocycles. The zero-order chi connectivity index (χ0) is 25.9. The molecule has 194 valence electrons. The van der Waals surface area contributed by atoms with E-state index in [4.69, 9.17) is 26.7 Å². The Labute approximate surface area is 228 Å². The van der Waals surface area contributed by atoms with Crippen LogP contribution in [-0.4, -0.2) is 47.6 Å². The molecule has 1 N–H and O–H groups in total. The van der Waals surface area contributed by atoms with Gasteiger partial charge in [0.2, 0.25) is 0 Å². The van der Waals surface area contributed by atoms with Gasteiger partial charge >= 0.3 is 0 Å². The van der Waals surface area contributed by atoms with Gasteiger partial charge in [0, 0.05) is 48.2 Å². The van der Waals surface area contributed by atoms with Gasteiger partial charge in [-0.15, -0.1) is 0 Å².